The molecule has 4 heteroatoms. The summed E-state index contributed by atoms with van der Waals surface area (Å²) in [4.78, 5) is 12.3. The van der Waals surface area contributed by atoms with E-state index in [2.05, 4.69) is 10.6 Å². The highest BCUT2D eigenvalue weighted by atomic mass is 19.1. The number of carbonyl (C=O) groups is 1. The largest absolute Gasteiger partial charge is 0.373 e. The number of para-hydroxylation sites is 1. The SMILES string of the molecule is C[C@@H](NC(=O)C1Cc2ccccc2N1)c1ccccc1F. The van der Waals surface area contributed by atoms with Gasteiger partial charge in [-0.25, -0.2) is 4.39 Å². The summed E-state index contributed by atoms with van der Waals surface area (Å²) in [6.45, 7) is 1.79. The number of rotatable bonds is 3. The Labute approximate surface area is 123 Å². The average molecular weight is 284 g/mol. The van der Waals surface area contributed by atoms with Crippen LogP contribution in [0.2, 0.25) is 0 Å². The molecule has 0 saturated heterocycles. The van der Waals surface area contributed by atoms with E-state index < -0.39 is 0 Å². The second kappa shape index (κ2) is 5.56. The van der Waals surface area contributed by atoms with Gasteiger partial charge in [-0.1, -0.05) is 36.4 Å². The summed E-state index contributed by atoms with van der Waals surface area (Å²) in [5.41, 5.74) is 2.63. The normalized spacial score (nSPS) is 17.7. The van der Waals surface area contributed by atoms with Gasteiger partial charge >= 0.3 is 0 Å². The van der Waals surface area contributed by atoms with Gasteiger partial charge in [0, 0.05) is 17.7 Å². The van der Waals surface area contributed by atoms with Gasteiger partial charge in [0.25, 0.3) is 0 Å². The van der Waals surface area contributed by atoms with Crippen LogP contribution in [0.15, 0.2) is 48.5 Å². The Balaban J connectivity index is 1.67. The van der Waals surface area contributed by atoms with Gasteiger partial charge < -0.3 is 10.6 Å². The molecule has 1 unspecified atom stereocenters. The van der Waals surface area contributed by atoms with E-state index in [0.29, 0.717) is 12.0 Å². The van der Waals surface area contributed by atoms with Gasteiger partial charge in [0.1, 0.15) is 11.9 Å². The zero-order chi connectivity index (χ0) is 14.8. The first-order valence-electron chi connectivity index (χ1n) is 7.04. The maximum absolute atomic E-state index is 13.7. The molecule has 108 valence electrons. The summed E-state index contributed by atoms with van der Waals surface area (Å²) in [5, 5.41) is 6.07. The third-order valence-corrected chi connectivity index (χ3v) is 3.82. The summed E-state index contributed by atoms with van der Waals surface area (Å²) >= 11 is 0. The van der Waals surface area contributed by atoms with Gasteiger partial charge in [-0.2, -0.15) is 0 Å². The summed E-state index contributed by atoms with van der Waals surface area (Å²) in [7, 11) is 0. The van der Waals surface area contributed by atoms with E-state index in [1.165, 1.54) is 6.07 Å². The Hall–Kier alpha value is -2.36. The van der Waals surface area contributed by atoms with Crippen LogP contribution in [0, 0.1) is 5.82 Å². The van der Waals surface area contributed by atoms with Gasteiger partial charge in [0.2, 0.25) is 5.91 Å². The van der Waals surface area contributed by atoms with Gasteiger partial charge in [-0.15, -0.1) is 0 Å². The summed E-state index contributed by atoms with van der Waals surface area (Å²) < 4.78 is 13.7. The molecular weight excluding hydrogens is 267 g/mol. The van der Waals surface area contributed by atoms with E-state index in [9.17, 15) is 9.18 Å². The van der Waals surface area contributed by atoms with Crippen LogP contribution in [-0.4, -0.2) is 11.9 Å². The maximum Gasteiger partial charge on any atom is 0.243 e. The number of carbonyl (C=O) groups excluding carboxylic acids is 1. The van der Waals surface area contributed by atoms with Crippen molar-refractivity contribution in [3.8, 4) is 0 Å². The van der Waals surface area contributed by atoms with Gasteiger partial charge in [0.05, 0.1) is 6.04 Å². The lowest BCUT2D eigenvalue weighted by Gasteiger charge is -2.18. The first-order valence-corrected chi connectivity index (χ1v) is 7.04. The fourth-order valence-electron chi connectivity index (χ4n) is 2.67. The average Bonchev–Trinajstić information content (AvgIpc) is 2.91. The smallest absolute Gasteiger partial charge is 0.243 e. The van der Waals surface area contributed by atoms with E-state index in [0.717, 1.165) is 11.3 Å². The quantitative estimate of drug-likeness (QED) is 0.909. The molecule has 3 nitrogen and oxygen atoms in total. The van der Waals surface area contributed by atoms with Crippen LogP contribution < -0.4 is 10.6 Å². The molecule has 2 aromatic rings. The van der Waals surface area contributed by atoms with Crippen LogP contribution in [0.4, 0.5) is 10.1 Å². The number of amides is 1. The minimum Gasteiger partial charge on any atom is -0.373 e. The van der Waals surface area contributed by atoms with Crippen LogP contribution in [0.1, 0.15) is 24.1 Å². The van der Waals surface area contributed by atoms with Gasteiger partial charge in [0.15, 0.2) is 0 Å². The first-order chi connectivity index (χ1) is 10.1. The van der Waals surface area contributed by atoms with Crippen LogP contribution in [0.25, 0.3) is 0 Å². The van der Waals surface area contributed by atoms with Crippen molar-refractivity contribution in [1.82, 2.24) is 5.32 Å². The lowest BCUT2D eigenvalue weighted by atomic mass is 10.1. The Morgan fingerprint density at radius 1 is 1.24 bits per heavy atom. The molecule has 0 spiro atoms. The van der Waals surface area contributed by atoms with Crippen LogP contribution in [0.5, 0.6) is 0 Å². The molecule has 0 radical (unpaired) electrons. The number of hydrogen-bond donors (Lipinski definition) is 2. The Kier molecular flexibility index (Phi) is 3.60. The topological polar surface area (TPSA) is 41.1 Å². The zero-order valence-electron chi connectivity index (χ0n) is 11.8. The van der Waals surface area contributed by atoms with Crippen molar-refractivity contribution in [1.29, 1.82) is 0 Å². The highest BCUT2D eigenvalue weighted by molar-refractivity contribution is 5.87. The van der Waals surface area contributed by atoms with Crippen molar-refractivity contribution in [2.75, 3.05) is 5.32 Å². The fourth-order valence-corrected chi connectivity index (χ4v) is 2.67. The Morgan fingerprint density at radius 2 is 1.95 bits per heavy atom. The third kappa shape index (κ3) is 2.75. The number of fused-ring (bicyclic) bond motifs is 1. The molecule has 1 aliphatic heterocycles. The molecule has 0 aliphatic carbocycles. The minimum atomic E-state index is -0.357. The molecular formula is C17H17FN2O. The summed E-state index contributed by atoms with van der Waals surface area (Å²) in [5.74, 6) is -0.407. The second-order valence-corrected chi connectivity index (χ2v) is 5.31. The number of hydrogen-bond acceptors (Lipinski definition) is 2. The molecule has 0 bridgehead atoms. The molecule has 1 heterocycles. The number of anilines is 1. The summed E-state index contributed by atoms with van der Waals surface area (Å²) in [6.07, 6.45) is 0.659. The number of halogens is 1. The van der Waals surface area contributed by atoms with Crippen LogP contribution >= 0.6 is 0 Å². The molecule has 2 N–H and O–H groups in total. The minimum absolute atomic E-state index is 0.109. The third-order valence-electron chi connectivity index (χ3n) is 3.82. The van der Waals surface area contributed by atoms with Crippen molar-refractivity contribution in [3.05, 3.63) is 65.5 Å². The lowest BCUT2D eigenvalue weighted by molar-refractivity contribution is -0.122. The fraction of sp³-hybridized carbons (Fsp3) is 0.235. The Bertz CT molecular complexity index is 646. The molecule has 0 fully saturated rings. The number of benzene rings is 2. The van der Waals surface area contributed by atoms with E-state index in [-0.39, 0.29) is 23.8 Å². The molecule has 3 rings (SSSR count). The second-order valence-electron chi connectivity index (χ2n) is 5.31. The first kappa shape index (κ1) is 13.6. The molecule has 1 aliphatic rings. The summed E-state index contributed by atoms with van der Waals surface area (Å²) in [6, 6.07) is 13.7. The Morgan fingerprint density at radius 3 is 2.71 bits per heavy atom. The van der Waals surface area contributed by atoms with E-state index >= 15 is 0 Å². The highest BCUT2D eigenvalue weighted by Crippen LogP contribution is 2.25. The van der Waals surface area contributed by atoms with Crippen LogP contribution in [0.3, 0.4) is 0 Å². The molecule has 0 saturated carbocycles. The molecule has 21 heavy (non-hydrogen) atoms. The van der Waals surface area contributed by atoms with Crippen molar-refractivity contribution in [2.45, 2.75) is 25.4 Å². The molecule has 0 aromatic heterocycles. The monoisotopic (exact) mass is 284 g/mol. The van der Waals surface area contributed by atoms with E-state index in [1.807, 2.05) is 24.3 Å². The predicted molar refractivity (Wildman–Crippen MR) is 80.5 cm³/mol. The molecule has 2 atom stereocenters. The highest BCUT2D eigenvalue weighted by Gasteiger charge is 2.27. The van der Waals surface area contributed by atoms with Crippen molar-refractivity contribution in [2.24, 2.45) is 0 Å². The van der Waals surface area contributed by atoms with Crippen molar-refractivity contribution < 1.29 is 9.18 Å². The van der Waals surface area contributed by atoms with Crippen molar-refractivity contribution >= 4 is 11.6 Å². The zero-order valence-corrected chi connectivity index (χ0v) is 11.8. The maximum atomic E-state index is 13.7. The predicted octanol–water partition coefficient (Wildman–Crippen LogP) is 3.04. The number of nitrogens with one attached hydrogen (secondary N) is 2. The van der Waals surface area contributed by atoms with Gasteiger partial charge in [-0.3, -0.25) is 4.79 Å². The van der Waals surface area contributed by atoms with Gasteiger partial charge in [-0.05, 0) is 24.6 Å². The van der Waals surface area contributed by atoms with E-state index in [4.69, 9.17) is 0 Å². The van der Waals surface area contributed by atoms with Crippen LogP contribution in [-0.2, 0) is 11.2 Å². The standard InChI is InChI=1S/C17H17FN2O/c1-11(13-7-3-4-8-14(13)18)19-17(21)16-10-12-6-2-5-9-15(12)20-16/h2-9,11,16,20H,10H2,1H3,(H,19,21)/t11-,16?/m1/s1. The van der Waals surface area contributed by atoms with Crippen molar-refractivity contribution in [3.63, 3.8) is 0 Å². The molecule has 1 amide bonds. The molecule has 2 aromatic carbocycles. The van der Waals surface area contributed by atoms with E-state index in [1.54, 1.807) is 25.1 Å². The lowest BCUT2D eigenvalue weighted by Crippen LogP contribution is -2.39.